The lowest BCUT2D eigenvalue weighted by Gasteiger charge is -2.07. The van der Waals surface area contributed by atoms with E-state index in [2.05, 4.69) is 5.11 Å². The summed E-state index contributed by atoms with van der Waals surface area (Å²) in [7, 11) is 0. The van der Waals surface area contributed by atoms with Gasteiger partial charge in [-0.15, -0.1) is 0 Å². The Kier molecular flexibility index (Phi) is 6.55. The molecular weight excluding hydrogens is 388 g/mol. The van der Waals surface area contributed by atoms with Crippen LogP contribution in [0.25, 0.3) is 0 Å². The molecule has 4 aromatic carbocycles. The molecule has 0 fully saturated rings. The molecular formula is C26H22N2O3. The molecule has 0 radical (unpaired) electrons. The summed E-state index contributed by atoms with van der Waals surface area (Å²) >= 11 is 0. The minimum Gasteiger partial charge on any atom is -0.594 e. The molecule has 0 saturated heterocycles. The molecule has 0 spiro atoms. The molecule has 0 aromatic heterocycles. The largest absolute Gasteiger partial charge is 0.594 e. The molecule has 154 valence electrons. The molecule has 0 saturated carbocycles. The van der Waals surface area contributed by atoms with Gasteiger partial charge in [0.25, 0.3) is 0 Å². The molecule has 0 bridgehead atoms. The molecule has 0 unspecified atom stereocenters. The zero-order chi connectivity index (χ0) is 21.3. The zero-order valence-corrected chi connectivity index (χ0v) is 16.9. The predicted molar refractivity (Wildman–Crippen MR) is 120 cm³/mol. The Balaban J connectivity index is 1.33. The van der Waals surface area contributed by atoms with Gasteiger partial charge in [0.2, 0.25) is 5.69 Å². The van der Waals surface area contributed by atoms with Crippen LogP contribution in [0.5, 0.6) is 11.5 Å². The van der Waals surface area contributed by atoms with Crippen molar-refractivity contribution >= 4 is 11.4 Å². The molecule has 0 amide bonds. The van der Waals surface area contributed by atoms with E-state index in [1.165, 1.54) is 0 Å². The van der Waals surface area contributed by atoms with Crippen LogP contribution in [0.1, 0.15) is 11.1 Å². The summed E-state index contributed by atoms with van der Waals surface area (Å²) in [5.74, 6) is 1.42. The zero-order valence-electron chi connectivity index (χ0n) is 16.9. The second-order valence-electron chi connectivity index (χ2n) is 6.91. The maximum Gasteiger partial charge on any atom is 0.245 e. The van der Waals surface area contributed by atoms with Crippen LogP contribution in [0.3, 0.4) is 0 Å². The van der Waals surface area contributed by atoms with E-state index in [1.807, 2.05) is 60.7 Å². The molecule has 5 heteroatoms. The second-order valence-corrected chi connectivity index (χ2v) is 6.91. The topological polar surface area (TPSA) is 56.9 Å². The molecule has 0 aliphatic carbocycles. The number of hydrogen-bond donors (Lipinski definition) is 0. The maximum atomic E-state index is 12.4. The summed E-state index contributed by atoms with van der Waals surface area (Å²) in [5, 5.41) is 16.5. The summed E-state index contributed by atoms with van der Waals surface area (Å²) in [6.07, 6.45) is 0. The van der Waals surface area contributed by atoms with E-state index in [4.69, 9.17) is 9.47 Å². The first-order valence-corrected chi connectivity index (χ1v) is 9.99. The Labute approximate surface area is 181 Å². The number of azo groups is 1. The normalized spacial score (nSPS) is 11.2. The van der Waals surface area contributed by atoms with Crippen molar-refractivity contribution in [2.24, 2.45) is 5.11 Å². The Morgan fingerprint density at radius 3 is 1.52 bits per heavy atom. The number of nitrogens with zero attached hydrogens (tertiary/aromatic N) is 2. The van der Waals surface area contributed by atoms with E-state index in [1.54, 1.807) is 48.5 Å². The number of hydrogen-bond acceptors (Lipinski definition) is 4. The third-order valence-electron chi connectivity index (χ3n) is 4.60. The first-order chi connectivity index (χ1) is 15.3. The van der Waals surface area contributed by atoms with Gasteiger partial charge in [0.15, 0.2) is 0 Å². The highest BCUT2D eigenvalue weighted by atomic mass is 16.5. The Bertz CT molecular complexity index is 1110. The molecule has 5 nitrogen and oxygen atoms in total. The van der Waals surface area contributed by atoms with Gasteiger partial charge >= 0.3 is 0 Å². The van der Waals surface area contributed by atoms with E-state index in [0.29, 0.717) is 35.2 Å². The Morgan fingerprint density at radius 1 is 0.581 bits per heavy atom. The summed E-state index contributed by atoms with van der Waals surface area (Å²) < 4.78 is 11.5. The van der Waals surface area contributed by atoms with Crippen LogP contribution in [0.15, 0.2) is 114 Å². The van der Waals surface area contributed by atoms with E-state index < -0.39 is 0 Å². The lowest BCUT2D eigenvalue weighted by molar-refractivity contribution is -0.435. The lowest BCUT2D eigenvalue weighted by atomic mass is 10.2. The number of ether oxygens (including phenoxy) is 2. The van der Waals surface area contributed by atoms with Crippen molar-refractivity contribution in [3.8, 4) is 11.5 Å². The average molecular weight is 410 g/mol. The van der Waals surface area contributed by atoms with Crippen LogP contribution in [0, 0.1) is 5.21 Å². The minimum absolute atomic E-state index is 0.427. The molecule has 0 N–H and O–H groups in total. The van der Waals surface area contributed by atoms with Crippen LogP contribution in [-0.4, -0.2) is 4.86 Å². The van der Waals surface area contributed by atoms with Gasteiger partial charge in [0.05, 0.1) is 0 Å². The Hall–Kier alpha value is -4.12. The van der Waals surface area contributed by atoms with Gasteiger partial charge in [0.1, 0.15) is 30.4 Å². The maximum absolute atomic E-state index is 12.4. The highest BCUT2D eigenvalue weighted by Crippen LogP contribution is 2.23. The van der Waals surface area contributed by atoms with Crippen molar-refractivity contribution in [3.05, 3.63) is 126 Å². The lowest BCUT2D eigenvalue weighted by Crippen LogP contribution is -1.96. The summed E-state index contributed by atoms with van der Waals surface area (Å²) in [6, 6.07) is 33.9. The molecule has 0 aliphatic rings. The molecule has 4 rings (SSSR count). The third-order valence-corrected chi connectivity index (χ3v) is 4.60. The third kappa shape index (κ3) is 5.93. The van der Waals surface area contributed by atoms with Crippen LogP contribution >= 0.6 is 0 Å². The fraction of sp³-hybridized carbons (Fsp3) is 0.0769. The highest BCUT2D eigenvalue weighted by molar-refractivity contribution is 5.41. The number of benzene rings is 4. The van der Waals surface area contributed by atoms with Crippen LogP contribution in [0.4, 0.5) is 11.4 Å². The molecule has 31 heavy (non-hydrogen) atoms. The van der Waals surface area contributed by atoms with Crippen LogP contribution < -0.4 is 9.47 Å². The first kappa shape index (κ1) is 20.2. The molecule has 0 atom stereocenters. The van der Waals surface area contributed by atoms with Gasteiger partial charge < -0.3 is 14.7 Å². The van der Waals surface area contributed by atoms with Gasteiger partial charge in [0, 0.05) is 17.2 Å². The number of rotatable bonds is 8. The van der Waals surface area contributed by atoms with E-state index in [-0.39, 0.29) is 0 Å². The van der Waals surface area contributed by atoms with E-state index in [9.17, 15) is 5.21 Å². The van der Waals surface area contributed by atoms with Crippen molar-refractivity contribution in [1.82, 2.24) is 0 Å². The van der Waals surface area contributed by atoms with Crippen molar-refractivity contribution in [1.29, 1.82) is 0 Å². The smallest absolute Gasteiger partial charge is 0.245 e. The quantitative estimate of drug-likeness (QED) is 0.183. The van der Waals surface area contributed by atoms with Gasteiger partial charge in [-0.3, -0.25) is 0 Å². The van der Waals surface area contributed by atoms with Crippen molar-refractivity contribution in [2.75, 3.05) is 0 Å². The van der Waals surface area contributed by atoms with Crippen molar-refractivity contribution in [2.45, 2.75) is 13.2 Å². The van der Waals surface area contributed by atoms with Gasteiger partial charge in [-0.1, -0.05) is 65.5 Å². The first-order valence-electron chi connectivity index (χ1n) is 9.99. The molecule has 0 heterocycles. The summed E-state index contributed by atoms with van der Waals surface area (Å²) in [6.45, 7) is 0.966. The second kappa shape index (κ2) is 10.1. The predicted octanol–water partition coefficient (Wildman–Crippen LogP) is 6.77. The van der Waals surface area contributed by atoms with Gasteiger partial charge in [-0.25, -0.2) is 0 Å². The minimum atomic E-state index is 0.427. The summed E-state index contributed by atoms with van der Waals surface area (Å²) in [5.41, 5.74) is 3.16. The van der Waals surface area contributed by atoms with E-state index in [0.717, 1.165) is 16.9 Å². The van der Waals surface area contributed by atoms with Crippen LogP contribution in [-0.2, 0) is 13.2 Å². The fourth-order valence-corrected chi connectivity index (χ4v) is 2.92. The fourth-order valence-electron chi connectivity index (χ4n) is 2.92. The Morgan fingerprint density at radius 2 is 1.03 bits per heavy atom. The monoisotopic (exact) mass is 410 g/mol. The standard InChI is InChI=1S/C26H22N2O3/c29-28(24-13-17-26(18-14-24)31-20-22-9-5-2-6-10-22)27-23-11-15-25(16-12-23)30-19-21-7-3-1-4-8-21/h1-18H,19-20H2. The van der Waals surface area contributed by atoms with Crippen molar-refractivity contribution < 1.29 is 14.3 Å². The van der Waals surface area contributed by atoms with E-state index >= 15 is 0 Å². The molecule has 0 aliphatic heterocycles. The average Bonchev–Trinajstić information content (AvgIpc) is 2.84. The van der Waals surface area contributed by atoms with Gasteiger partial charge in [-0.05, 0) is 47.5 Å². The van der Waals surface area contributed by atoms with Gasteiger partial charge in [-0.2, -0.15) is 0 Å². The van der Waals surface area contributed by atoms with Crippen molar-refractivity contribution in [3.63, 3.8) is 0 Å². The summed E-state index contributed by atoms with van der Waals surface area (Å²) in [4.78, 5) is 0.598. The SMILES string of the molecule is [O-][N+](=Nc1ccc(OCc2ccccc2)cc1)c1ccc(OCc2ccccc2)cc1. The molecule has 4 aromatic rings. The van der Waals surface area contributed by atoms with Crippen LogP contribution in [0.2, 0.25) is 0 Å². The highest BCUT2D eigenvalue weighted by Gasteiger charge is 2.06.